The van der Waals surface area contributed by atoms with Crippen LogP contribution in [0.4, 0.5) is 0 Å². The maximum Gasteiger partial charge on any atom is 0.188 e. The van der Waals surface area contributed by atoms with Crippen LogP contribution in [0.3, 0.4) is 0 Å². The minimum Gasteiger partial charge on any atom is -0.468 e. The van der Waals surface area contributed by atoms with Crippen LogP contribution in [-0.4, -0.2) is 13.9 Å². The van der Waals surface area contributed by atoms with E-state index in [1.807, 2.05) is 12.1 Å². The fourth-order valence-electron chi connectivity index (χ4n) is 1.49. The predicted octanol–water partition coefficient (Wildman–Crippen LogP) is 2.84. The minimum absolute atomic E-state index is 0.0369. The predicted molar refractivity (Wildman–Crippen MR) is 62.4 cm³/mol. The molecule has 3 heteroatoms. The standard InChI is InChI=1S/C13H17NO2/c1-13(2,3)12-6-5-11(16-9-15-4)7-10(12)8-14/h5-7H,9H2,1-4H3. The lowest BCUT2D eigenvalue weighted by atomic mass is 9.84. The van der Waals surface area contributed by atoms with E-state index in [1.54, 1.807) is 13.2 Å². The summed E-state index contributed by atoms with van der Waals surface area (Å²) in [4.78, 5) is 0. The first-order valence-corrected chi connectivity index (χ1v) is 5.15. The topological polar surface area (TPSA) is 42.2 Å². The molecule has 0 amide bonds. The summed E-state index contributed by atoms with van der Waals surface area (Å²) in [6, 6.07) is 7.74. The Labute approximate surface area is 96.6 Å². The van der Waals surface area contributed by atoms with Crippen LogP contribution in [0.5, 0.6) is 5.75 Å². The lowest BCUT2D eigenvalue weighted by Gasteiger charge is -2.20. The molecule has 1 aromatic carbocycles. The van der Waals surface area contributed by atoms with Crippen molar-refractivity contribution >= 4 is 0 Å². The molecule has 0 aliphatic rings. The molecule has 0 bridgehead atoms. The fraction of sp³-hybridized carbons (Fsp3) is 0.462. The van der Waals surface area contributed by atoms with Crippen molar-refractivity contribution in [3.05, 3.63) is 29.3 Å². The number of rotatable bonds is 3. The van der Waals surface area contributed by atoms with Gasteiger partial charge in [0.1, 0.15) is 5.75 Å². The van der Waals surface area contributed by atoms with Crippen molar-refractivity contribution in [2.24, 2.45) is 0 Å². The van der Waals surface area contributed by atoms with Crippen LogP contribution in [0, 0.1) is 11.3 Å². The van der Waals surface area contributed by atoms with Crippen LogP contribution in [-0.2, 0) is 10.2 Å². The van der Waals surface area contributed by atoms with Crippen molar-refractivity contribution in [2.45, 2.75) is 26.2 Å². The first-order valence-electron chi connectivity index (χ1n) is 5.15. The van der Waals surface area contributed by atoms with Gasteiger partial charge >= 0.3 is 0 Å². The lowest BCUT2D eigenvalue weighted by molar-refractivity contribution is 0.0511. The number of hydrogen-bond donors (Lipinski definition) is 0. The third-order valence-corrected chi connectivity index (χ3v) is 2.26. The number of benzene rings is 1. The Morgan fingerprint density at radius 1 is 1.31 bits per heavy atom. The highest BCUT2D eigenvalue weighted by Crippen LogP contribution is 2.28. The Bertz CT molecular complexity index is 399. The van der Waals surface area contributed by atoms with Gasteiger partial charge in [0, 0.05) is 7.11 Å². The van der Waals surface area contributed by atoms with Gasteiger partial charge in [-0.2, -0.15) is 5.26 Å². The van der Waals surface area contributed by atoms with E-state index in [-0.39, 0.29) is 12.2 Å². The maximum atomic E-state index is 9.09. The van der Waals surface area contributed by atoms with Crippen molar-refractivity contribution in [1.82, 2.24) is 0 Å². The Morgan fingerprint density at radius 3 is 2.50 bits per heavy atom. The van der Waals surface area contributed by atoms with E-state index in [1.165, 1.54) is 0 Å². The van der Waals surface area contributed by atoms with Crippen molar-refractivity contribution < 1.29 is 9.47 Å². The molecule has 0 aliphatic heterocycles. The molecular formula is C13H17NO2. The van der Waals surface area contributed by atoms with Gasteiger partial charge in [0.15, 0.2) is 6.79 Å². The van der Waals surface area contributed by atoms with E-state index in [4.69, 9.17) is 14.7 Å². The SMILES string of the molecule is COCOc1ccc(C(C)(C)C)c(C#N)c1. The smallest absolute Gasteiger partial charge is 0.188 e. The van der Waals surface area contributed by atoms with Gasteiger partial charge in [-0.1, -0.05) is 26.8 Å². The molecule has 0 unspecified atom stereocenters. The molecule has 16 heavy (non-hydrogen) atoms. The van der Waals surface area contributed by atoms with Crippen LogP contribution in [0.25, 0.3) is 0 Å². The molecule has 0 fully saturated rings. The summed E-state index contributed by atoms with van der Waals surface area (Å²) >= 11 is 0. The van der Waals surface area contributed by atoms with Gasteiger partial charge in [-0.05, 0) is 23.1 Å². The minimum atomic E-state index is -0.0369. The van der Waals surface area contributed by atoms with Gasteiger partial charge in [-0.3, -0.25) is 0 Å². The zero-order valence-corrected chi connectivity index (χ0v) is 10.2. The van der Waals surface area contributed by atoms with E-state index in [2.05, 4.69) is 26.8 Å². The first kappa shape index (κ1) is 12.5. The molecule has 0 saturated carbocycles. The molecule has 1 aromatic rings. The summed E-state index contributed by atoms with van der Waals surface area (Å²) in [5.41, 5.74) is 1.64. The third kappa shape index (κ3) is 2.98. The second kappa shape index (κ2) is 5.00. The number of nitrogens with zero attached hydrogens (tertiary/aromatic N) is 1. The van der Waals surface area contributed by atoms with Gasteiger partial charge in [-0.15, -0.1) is 0 Å². The number of nitriles is 1. The van der Waals surface area contributed by atoms with Gasteiger partial charge in [0.05, 0.1) is 11.6 Å². The van der Waals surface area contributed by atoms with E-state index < -0.39 is 0 Å². The number of methoxy groups -OCH3 is 1. The Morgan fingerprint density at radius 2 is 2.00 bits per heavy atom. The maximum absolute atomic E-state index is 9.09. The van der Waals surface area contributed by atoms with E-state index in [0.717, 1.165) is 5.56 Å². The average Bonchev–Trinajstić information content (AvgIpc) is 2.24. The molecule has 86 valence electrons. The summed E-state index contributed by atoms with van der Waals surface area (Å²) in [5.74, 6) is 0.659. The Hall–Kier alpha value is -1.53. The lowest BCUT2D eigenvalue weighted by Crippen LogP contribution is -2.13. The number of ether oxygens (including phenoxy) is 2. The molecule has 0 spiro atoms. The third-order valence-electron chi connectivity index (χ3n) is 2.26. The van der Waals surface area contributed by atoms with Crippen LogP contribution >= 0.6 is 0 Å². The molecule has 0 heterocycles. The molecule has 0 saturated heterocycles. The molecule has 0 aromatic heterocycles. The van der Waals surface area contributed by atoms with Crippen LogP contribution in [0.1, 0.15) is 31.9 Å². The monoisotopic (exact) mass is 219 g/mol. The molecule has 0 atom stereocenters. The molecule has 0 aliphatic carbocycles. The summed E-state index contributed by atoms with van der Waals surface area (Å²) in [6.45, 7) is 6.44. The quantitative estimate of drug-likeness (QED) is 0.734. The molecule has 0 N–H and O–H groups in total. The van der Waals surface area contributed by atoms with Crippen molar-refractivity contribution in [2.75, 3.05) is 13.9 Å². The first-order chi connectivity index (χ1) is 7.49. The van der Waals surface area contributed by atoms with Gasteiger partial charge in [0.25, 0.3) is 0 Å². The van der Waals surface area contributed by atoms with Crippen LogP contribution in [0.15, 0.2) is 18.2 Å². The van der Waals surface area contributed by atoms with Gasteiger partial charge in [0.2, 0.25) is 0 Å². The van der Waals surface area contributed by atoms with E-state index in [9.17, 15) is 0 Å². The normalized spacial score (nSPS) is 10.9. The summed E-state index contributed by atoms with van der Waals surface area (Å²) < 4.78 is 10.1. The molecule has 0 radical (unpaired) electrons. The Balaban J connectivity index is 3.04. The number of hydrogen-bond acceptors (Lipinski definition) is 3. The van der Waals surface area contributed by atoms with Crippen molar-refractivity contribution in [1.29, 1.82) is 5.26 Å². The van der Waals surface area contributed by atoms with Gasteiger partial charge in [-0.25, -0.2) is 0 Å². The zero-order valence-electron chi connectivity index (χ0n) is 10.2. The second-order valence-electron chi connectivity index (χ2n) is 4.62. The van der Waals surface area contributed by atoms with Gasteiger partial charge < -0.3 is 9.47 Å². The zero-order chi connectivity index (χ0) is 12.2. The second-order valence-corrected chi connectivity index (χ2v) is 4.62. The summed E-state index contributed by atoms with van der Waals surface area (Å²) in [5, 5.41) is 9.09. The van der Waals surface area contributed by atoms with Crippen LogP contribution < -0.4 is 4.74 Å². The van der Waals surface area contributed by atoms with E-state index in [0.29, 0.717) is 11.3 Å². The highest BCUT2D eigenvalue weighted by atomic mass is 16.7. The summed E-state index contributed by atoms with van der Waals surface area (Å²) in [6.07, 6.45) is 0. The molecule has 3 nitrogen and oxygen atoms in total. The average molecular weight is 219 g/mol. The summed E-state index contributed by atoms with van der Waals surface area (Å²) in [7, 11) is 1.56. The van der Waals surface area contributed by atoms with Crippen molar-refractivity contribution in [3.63, 3.8) is 0 Å². The largest absolute Gasteiger partial charge is 0.468 e. The fourth-order valence-corrected chi connectivity index (χ4v) is 1.49. The highest BCUT2D eigenvalue weighted by molar-refractivity contribution is 5.46. The molecular weight excluding hydrogens is 202 g/mol. The Kier molecular flexibility index (Phi) is 3.92. The van der Waals surface area contributed by atoms with E-state index >= 15 is 0 Å². The molecule has 1 rings (SSSR count). The van der Waals surface area contributed by atoms with Crippen LogP contribution in [0.2, 0.25) is 0 Å². The van der Waals surface area contributed by atoms with Crippen molar-refractivity contribution in [3.8, 4) is 11.8 Å². The highest BCUT2D eigenvalue weighted by Gasteiger charge is 2.18.